The molecule has 2 rings (SSSR count). The third-order valence-electron chi connectivity index (χ3n) is 3.56. The molecule has 0 bridgehead atoms. The van der Waals surface area contributed by atoms with Gasteiger partial charge in [-0.2, -0.15) is 0 Å². The summed E-state index contributed by atoms with van der Waals surface area (Å²) in [7, 11) is 0. The quantitative estimate of drug-likeness (QED) is 0.892. The van der Waals surface area contributed by atoms with Crippen molar-refractivity contribution in [2.75, 3.05) is 6.61 Å². The van der Waals surface area contributed by atoms with Crippen LogP contribution in [0.25, 0.3) is 0 Å². The molecule has 104 valence electrons. The van der Waals surface area contributed by atoms with Crippen molar-refractivity contribution in [2.45, 2.75) is 31.8 Å². The molecule has 19 heavy (non-hydrogen) atoms. The number of halogens is 1. The molecule has 0 aromatic heterocycles. The average Bonchev–Trinajstić information content (AvgIpc) is 2.41. The second-order valence-corrected chi connectivity index (χ2v) is 5.81. The standard InChI is InChI=1S/C14H18BrNO3/c15-12-7-10(14(16)18)3-6-13(12)19-11-4-1-9(8-17)2-5-11/h3,6-7,9,11,17H,1-2,4-5,8H2,(H2,16,18). The van der Waals surface area contributed by atoms with Gasteiger partial charge in [-0.3, -0.25) is 4.79 Å². The third-order valence-corrected chi connectivity index (χ3v) is 4.18. The van der Waals surface area contributed by atoms with Gasteiger partial charge in [-0.25, -0.2) is 0 Å². The number of carbonyl (C=O) groups excluding carboxylic acids is 1. The summed E-state index contributed by atoms with van der Waals surface area (Å²) in [4.78, 5) is 11.1. The summed E-state index contributed by atoms with van der Waals surface area (Å²) in [5, 5.41) is 9.10. The van der Waals surface area contributed by atoms with Crippen molar-refractivity contribution in [3.05, 3.63) is 28.2 Å². The molecule has 1 aromatic rings. The van der Waals surface area contributed by atoms with E-state index in [1.165, 1.54) is 0 Å². The minimum absolute atomic E-state index is 0.179. The average molecular weight is 328 g/mol. The van der Waals surface area contributed by atoms with Crippen molar-refractivity contribution in [2.24, 2.45) is 11.7 Å². The van der Waals surface area contributed by atoms with Crippen LogP contribution in [-0.2, 0) is 0 Å². The van der Waals surface area contributed by atoms with Crippen LogP contribution in [0.15, 0.2) is 22.7 Å². The van der Waals surface area contributed by atoms with Crippen molar-refractivity contribution < 1.29 is 14.6 Å². The fourth-order valence-electron chi connectivity index (χ4n) is 2.36. The highest BCUT2D eigenvalue weighted by Crippen LogP contribution is 2.31. The Bertz CT molecular complexity index is 456. The smallest absolute Gasteiger partial charge is 0.248 e. The Morgan fingerprint density at radius 3 is 2.58 bits per heavy atom. The minimum atomic E-state index is -0.448. The van der Waals surface area contributed by atoms with E-state index >= 15 is 0 Å². The van der Waals surface area contributed by atoms with E-state index in [0.717, 1.165) is 35.9 Å². The van der Waals surface area contributed by atoms with Crippen LogP contribution in [0.3, 0.4) is 0 Å². The molecule has 1 aromatic carbocycles. The van der Waals surface area contributed by atoms with Crippen LogP contribution in [0.2, 0.25) is 0 Å². The molecule has 1 fully saturated rings. The van der Waals surface area contributed by atoms with Gasteiger partial charge in [0.25, 0.3) is 0 Å². The summed E-state index contributed by atoms with van der Waals surface area (Å²) >= 11 is 3.39. The van der Waals surface area contributed by atoms with Crippen molar-refractivity contribution in [3.63, 3.8) is 0 Å². The topological polar surface area (TPSA) is 72.6 Å². The highest BCUT2D eigenvalue weighted by atomic mass is 79.9. The lowest BCUT2D eigenvalue weighted by Gasteiger charge is -2.28. The molecule has 0 unspecified atom stereocenters. The van der Waals surface area contributed by atoms with Crippen LogP contribution < -0.4 is 10.5 Å². The number of hydrogen-bond acceptors (Lipinski definition) is 3. The first-order chi connectivity index (χ1) is 9.10. The third kappa shape index (κ3) is 3.70. The van der Waals surface area contributed by atoms with Gasteiger partial charge in [0.2, 0.25) is 5.91 Å². The van der Waals surface area contributed by atoms with E-state index in [0.29, 0.717) is 11.5 Å². The lowest BCUT2D eigenvalue weighted by Crippen LogP contribution is -2.25. The molecule has 5 heteroatoms. The summed E-state index contributed by atoms with van der Waals surface area (Å²) in [5.74, 6) is 0.702. The van der Waals surface area contributed by atoms with Gasteiger partial charge in [-0.05, 0) is 65.7 Å². The molecular formula is C14H18BrNO3. The van der Waals surface area contributed by atoms with Crippen LogP contribution >= 0.6 is 15.9 Å². The second kappa shape index (κ2) is 6.39. The Balaban J connectivity index is 1.98. The maximum Gasteiger partial charge on any atom is 0.248 e. The van der Waals surface area contributed by atoms with E-state index < -0.39 is 5.91 Å². The first kappa shape index (κ1) is 14.3. The van der Waals surface area contributed by atoms with Gasteiger partial charge >= 0.3 is 0 Å². The van der Waals surface area contributed by atoms with E-state index in [-0.39, 0.29) is 12.7 Å². The zero-order valence-electron chi connectivity index (χ0n) is 10.6. The molecule has 0 aliphatic heterocycles. The van der Waals surface area contributed by atoms with Gasteiger partial charge in [0.15, 0.2) is 0 Å². The predicted octanol–water partition coefficient (Wildman–Crippen LogP) is 2.48. The molecular weight excluding hydrogens is 310 g/mol. The molecule has 4 nitrogen and oxygen atoms in total. The van der Waals surface area contributed by atoms with Crippen LogP contribution in [0, 0.1) is 5.92 Å². The Labute approximate surface area is 121 Å². The molecule has 0 saturated heterocycles. The monoisotopic (exact) mass is 327 g/mol. The van der Waals surface area contributed by atoms with E-state index in [4.69, 9.17) is 15.6 Å². The number of ether oxygens (including phenoxy) is 1. The number of primary amides is 1. The summed E-state index contributed by atoms with van der Waals surface area (Å²) in [5.41, 5.74) is 5.68. The number of rotatable bonds is 4. The normalized spacial score (nSPS) is 23.1. The number of benzene rings is 1. The van der Waals surface area contributed by atoms with E-state index in [1.807, 2.05) is 0 Å². The number of carbonyl (C=O) groups is 1. The van der Waals surface area contributed by atoms with Crippen molar-refractivity contribution in [1.29, 1.82) is 0 Å². The van der Waals surface area contributed by atoms with Gasteiger partial charge in [0.05, 0.1) is 10.6 Å². The molecule has 1 amide bonds. The summed E-state index contributed by atoms with van der Waals surface area (Å²) in [6.45, 7) is 0.268. The molecule has 1 saturated carbocycles. The zero-order valence-corrected chi connectivity index (χ0v) is 12.2. The van der Waals surface area contributed by atoms with Crippen molar-refractivity contribution >= 4 is 21.8 Å². The molecule has 0 radical (unpaired) electrons. The van der Waals surface area contributed by atoms with Crippen LogP contribution in [0.4, 0.5) is 0 Å². The van der Waals surface area contributed by atoms with E-state index in [2.05, 4.69) is 15.9 Å². The lowest BCUT2D eigenvalue weighted by molar-refractivity contribution is 0.0999. The number of aliphatic hydroxyl groups is 1. The first-order valence-corrected chi connectivity index (χ1v) is 7.26. The summed E-state index contributed by atoms with van der Waals surface area (Å²) in [6.07, 6.45) is 4.08. The minimum Gasteiger partial charge on any atom is -0.489 e. The number of nitrogens with two attached hydrogens (primary N) is 1. The van der Waals surface area contributed by atoms with E-state index in [1.54, 1.807) is 18.2 Å². The van der Waals surface area contributed by atoms with E-state index in [9.17, 15) is 4.79 Å². The fraction of sp³-hybridized carbons (Fsp3) is 0.500. The van der Waals surface area contributed by atoms with Gasteiger partial charge in [-0.15, -0.1) is 0 Å². The maximum atomic E-state index is 11.1. The Morgan fingerprint density at radius 1 is 1.37 bits per heavy atom. The maximum absolute atomic E-state index is 11.1. The molecule has 0 atom stereocenters. The van der Waals surface area contributed by atoms with Crippen LogP contribution in [0.1, 0.15) is 36.0 Å². The van der Waals surface area contributed by atoms with Gasteiger partial charge in [0.1, 0.15) is 5.75 Å². The fourth-order valence-corrected chi connectivity index (χ4v) is 2.83. The largest absolute Gasteiger partial charge is 0.489 e. The second-order valence-electron chi connectivity index (χ2n) is 4.95. The highest BCUT2D eigenvalue weighted by molar-refractivity contribution is 9.10. The molecule has 1 aliphatic rings. The number of amides is 1. The lowest BCUT2D eigenvalue weighted by atomic mass is 9.88. The van der Waals surface area contributed by atoms with Gasteiger partial charge in [0, 0.05) is 12.2 Å². The number of hydrogen-bond donors (Lipinski definition) is 2. The van der Waals surface area contributed by atoms with Crippen LogP contribution in [0.5, 0.6) is 5.75 Å². The van der Waals surface area contributed by atoms with Gasteiger partial charge < -0.3 is 15.6 Å². The predicted molar refractivity (Wildman–Crippen MR) is 76.1 cm³/mol. The zero-order chi connectivity index (χ0) is 13.8. The van der Waals surface area contributed by atoms with Crippen molar-refractivity contribution in [3.8, 4) is 5.75 Å². The number of aliphatic hydroxyl groups excluding tert-OH is 1. The molecule has 0 heterocycles. The molecule has 0 spiro atoms. The highest BCUT2D eigenvalue weighted by Gasteiger charge is 2.22. The first-order valence-electron chi connectivity index (χ1n) is 6.47. The molecule has 3 N–H and O–H groups in total. The van der Waals surface area contributed by atoms with Crippen LogP contribution in [-0.4, -0.2) is 23.7 Å². The Morgan fingerprint density at radius 2 is 2.05 bits per heavy atom. The summed E-state index contributed by atoms with van der Waals surface area (Å²) in [6, 6.07) is 5.11. The Kier molecular flexibility index (Phi) is 4.82. The summed E-state index contributed by atoms with van der Waals surface area (Å²) < 4.78 is 6.68. The Hall–Kier alpha value is -1.07. The van der Waals surface area contributed by atoms with Crippen molar-refractivity contribution in [1.82, 2.24) is 0 Å². The SMILES string of the molecule is NC(=O)c1ccc(OC2CCC(CO)CC2)c(Br)c1. The van der Waals surface area contributed by atoms with Gasteiger partial charge in [-0.1, -0.05) is 0 Å². The molecule has 1 aliphatic carbocycles.